The Labute approximate surface area is 157 Å². The number of anilines is 1. The molecule has 1 N–H and O–H groups in total. The molecule has 0 aliphatic carbocycles. The molecule has 2 heterocycles. The molecule has 2 aromatic heterocycles. The number of nitrogens with zero attached hydrogens (tertiary/aromatic N) is 3. The topological polar surface area (TPSA) is 119 Å². The van der Waals surface area contributed by atoms with Gasteiger partial charge in [0.05, 0.1) is 4.90 Å². The van der Waals surface area contributed by atoms with Gasteiger partial charge in [0, 0.05) is 19.7 Å². The minimum atomic E-state index is -3.52. The van der Waals surface area contributed by atoms with Crippen LogP contribution in [0.3, 0.4) is 0 Å². The van der Waals surface area contributed by atoms with Crippen molar-refractivity contribution < 1.29 is 22.0 Å². The van der Waals surface area contributed by atoms with Crippen LogP contribution in [0, 0.1) is 0 Å². The highest BCUT2D eigenvalue weighted by Crippen LogP contribution is 2.23. The minimum Gasteiger partial charge on any atom is -0.444 e. The van der Waals surface area contributed by atoms with Crippen LogP contribution in [0.5, 0.6) is 0 Å². The molecule has 0 unspecified atom stereocenters. The van der Waals surface area contributed by atoms with Crippen molar-refractivity contribution >= 4 is 37.9 Å². The number of carbonyl (C=O) groups excluding carboxylic acids is 1. The first-order valence-electron chi connectivity index (χ1n) is 7.20. The predicted molar refractivity (Wildman–Crippen MR) is 95.0 cm³/mol. The van der Waals surface area contributed by atoms with Crippen molar-refractivity contribution in [2.24, 2.45) is 0 Å². The SMILES string of the molecule is CN(C)S(=O)(=O)c1ccc(-c2nnc(NC(=O)c3ccc(Br)o3)o2)cc1. The van der Waals surface area contributed by atoms with Gasteiger partial charge in [-0.3, -0.25) is 10.1 Å². The van der Waals surface area contributed by atoms with E-state index in [1.54, 1.807) is 18.2 Å². The van der Waals surface area contributed by atoms with Crippen molar-refractivity contribution in [3.05, 3.63) is 46.8 Å². The third kappa shape index (κ3) is 3.69. The summed E-state index contributed by atoms with van der Waals surface area (Å²) in [5.41, 5.74) is 0.511. The fourth-order valence-electron chi connectivity index (χ4n) is 1.97. The molecular formula is C15H13BrN4O5S. The first-order chi connectivity index (χ1) is 12.3. The number of halogens is 1. The number of hydrogen-bond acceptors (Lipinski definition) is 7. The van der Waals surface area contributed by atoms with E-state index in [0.29, 0.717) is 10.2 Å². The van der Waals surface area contributed by atoms with Gasteiger partial charge in [-0.1, -0.05) is 5.10 Å². The number of benzene rings is 1. The molecule has 1 aromatic carbocycles. The Balaban J connectivity index is 1.76. The number of aromatic nitrogens is 2. The highest BCUT2D eigenvalue weighted by molar-refractivity contribution is 9.10. The number of carbonyl (C=O) groups is 1. The Bertz CT molecular complexity index is 1040. The third-order valence-corrected chi connectivity index (χ3v) is 5.58. The van der Waals surface area contributed by atoms with Crippen molar-refractivity contribution in [1.29, 1.82) is 0 Å². The fraction of sp³-hybridized carbons (Fsp3) is 0.133. The van der Waals surface area contributed by atoms with Gasteiger partial charge < -0.3 is 8.83 Å². The summed E-state index contributed by atoms with van der Waals surface area (Å²) in [6.45, 7) is 0. The number of rotatable bonds is 5. The lowest BCUT2D eigenvalue weighted by Gasteiger charge is -2.11. The van der Waals surface area contributed by atoms with Gasteiger partial charge in [-0.2, -0.15) is 0 Å². The maximum Gasteiger partial charge on any atom is 0.322 e. The molecule has 3 rings (SSSR count). The molecule has 11 heteroatoms. The number of nitrogens with one attached hydrogen (secondary N) is 1. The monoisotopic (exact) mass is 440 g/mol. The zero-order valence-electron chi connectivity index (χ0n) is 13.6. The molecule has 0 aliphatic heterocycles. The standard InChI is InChI=1S/C15H13BrN4O5S/c1-20(2)26(22,23)10-5-3-9(4-6-10)14-18-19-15(25-14)17-13(21)11-7-8-12(16)24-11/h3-8H,1-2H3,(H,17,19,21). The van der Waals surface area contributed by atoms with Crippen LogP contribution < -0.4 is 5.32 Å². The first-order valence-corrected chi connectivity index (χ1v) is 9.44. The Hall–Kier alpha value is -2.50. The van der Waals surface area contributed by atoms with Crippen LogP contribution in [0.1, 0.15) is 10.6 Å². The second-order valence-electron chi connectivity index (χ2n) is 5.28. The van der Waals surface area contributed by atoms with Crippen LogP contribution in [0.15, 0.2) is 54.8 Å². The van der Waals surface area contributed by atoms with Crippen molar-refractivity contribution in [3.8, 4) is 11.5 Å². The van der Waals surface area contributed by atoms with Crippen LogP contribution in [-0.4, -0.2) is 42.9 Å². The van der Waals surface area contributed by atoms with E-state index in [2.05, 4.69) is 31.4 Å². The van der Waals surface area contributed by atoms with E-state index in [1.807, 2.05) is 0 Å². The Kier molecular flexibility index (Phi) is 4.94. The molecule has 0 atom stereocenters. The molecule has 3 aromatic rings. The van der Waals surface area contributed by atoms with Crippen LogP contribution in [0.2, 0.25) is 0 Å². The normalized spacial score (nSPS) is 11.7. The van der Waals surface area contributed by atoms with Crippen LogP contribution >= 0.6 is 15.9 Å². The zero-order valence-corrected chi connectivity index (χ0v) is 16.0. The molecular weight excluding hydrogens is 428 g/mol. The van der Waals surface area contributed by atoms with Gasteiger partial charge in [0.2, 0.25) is 15.9 Å². The Morgan fingerprint density at radius 1 is 1.08 bits per heavy atom. The summed E-state index contributed by atoms with van der Waals surface area (Å²) in [6.07, 6.45) is 0. The quantitative estimate of drug-likeness (QED) is 0.647. The van der Waals surface area contributed by atoms with Crippen LogP contribution in [0.4, 0.5) is 6.01 Å². The van der Waals surface area contributed by atoms with Crippen LogP contribution in [0.25, 0.3) is 11.5 Å². The van der Waals surface area contributed by atoms with Gasteiger partial charge in [-0.15, -0.1) is 5.10 Å². The summed E-state index contributed by atoms with van der Waals surface area (Å²) in [5.74, 6) is -0.331. The molecule has 136 valence electrons. The molecule has 0 saturated carbocycles. The van der Waals surface area contributed by atoms with Crippen LogP contribution in [-0.2, 0) is 10.0 Å². The number of furan rings is 1. The van der Waals surface area contributed by atoms with E-state index in [1.165, 1.54) is 32.3 Å². The van der Waals surface area contributed by atoms with Crippen molar-refractivity contribution in [1.82, 2.24) is 14.5 Å². The summed E-state index contributed by atoms with van der Waals surface area (Å²) >= 11 is 3.11. The van der Waals surface area contributed by atoms with Crippen molar-refractivity contribution in [2.75, 3.05) is 19.4 Å². The molecule has 0 aliphatic rings. The number of hydrogen-bond donors (Lipinski definition) is 1. The lowest BCUT2D eigenvalue weighted by atomic mass is 10.2. The largest absolute Gasteiger partial charge is 0.444 e. The highest BCUT2D eigenvalue weighted by atomic mass is 79.9. The lowest BCUT2D eigenvalue weighted by Crippen LogP contribution is -2.22. The summed E-state index contributed by atoms with van der Waals surface area (Å²) in [5, 5.41) is 9.99. The predicted octanol–water partition coefficient (Wildman–Crippen LogP) is 2.59. The lowest BCUT2D eigenvalue weighted by molar-refractivity contribution is 0.0992. The summed E-state index contributed by atoms with van der Waals surface area (Å²) in [7, 11) is -0.615. The minimum absolute atomic E-state index is 0.0786. The van der Waals surface area contributed by atoms with Crippen molar-refractivity contribution in [2.45, 2.75) is 4.90 Å². The fourth-order valence-corrected chi connectivity index (χ4v) is 3.17. The average molecular weight is 441 g/mol. The molecule has 1 amide bonds. The summed E-state index contributed by atoms with van der Waals surface area (Å²) in [4.78, 5) is 12.1. The number of sulfonamides is 1. The second-order valence-corrected chi connectivity index (χ2v) is 8.22. The average Bonchev–Trinajstić information content (AvgIpc) is 3.24. The number of amides is 1. The molecule has 0 saturated heterocycles. The molecule has 0 radical (unpaired) electrons. The van der Waals surface area contributed by atoms with Crippen molar-refractivity contribution in [3.63, 3.8) is 0 Å². The van der Waals surface area contributed by atoms with E-state index < -0.39 is 15.9 Å². The smallest absolute Gasteiger partial charge is 0.322 e. The van der Waals surface area contributed by atoms with Gasteiger partial charge in [0.15, 0.2) is 10.4 Å². The molecule has 26 heavy (non-hydrogen) atoms. The van der Waals surface area contributed by atoms with E-state index >= 15 is 0 Å². The van der Waals surface area contributed by atoms with Gasteiger partial charge in [-0.05, 0) is 52.3 Å². The summed E-state index contributed by atoms with van der Waals surface area (Å²) in [6, 6.07) is 8.92. The molecule has 0 fully saturated rings. The van der Waals surface area contributed by atoms with Gasteiger partial charge in [0.1, 0.15) is 0 Å². The first kappa shape index (κ1) is 18.3. The molecule has 0 bridgehead atoms. The Morgan fingerprint density at radius 3 is 2.35 bits per heavy atom. The van der Waals surface area contributed by atoms with E-state index in [-0.39, 0.29) is 22.6 Å². The maximum atomic E-state index is 12.1. The molecule has 0 spiro atoms. The van der Waals surface area contributed by atoms with Gasteiger partial charge in [-0.25, -0.2) is 12.7 Å². The molecule has 9 nitrogen and oxygen atoms in total. The highest BCUT2D eigenvalue weighted by Gasteiger charge is 2.18. The van der Waals surface area contributed by atoms with E-state index in [4.69, 9.17) is 8.83 Å². The zero-order chi connectivity index (χ0) is 18.9. The summed E-state index contributed by atoms with van der Waals surface area (Å²) < 4.78 is 36.2. The van der Waals surface area contributed by atoms with E-state index in [9.17, 15) is 13.2 Å². The van der Waals surface area contributed by atoms with Gasteiger partial charge >= 0.3 is 6.01 Å². The Morgan fingerprint density at radius 2 is 1.77 bits per heavy atom. The van der Waals surface area contributed by atoms with E-state index in [0.717, 1.165) is 4.31 Å². The van der Waals surface area contributed by atoms with Gasteiger partial charge in [0.25, 0.3) is 5.91 Å². The maximum absolute atomic E-state index is 12.1. The third-order valence-electron chi connectivity index (χ3n) is 3.32. The second kappa shape index (κ2) is 7.02.